The van der Waals surface area contributed by atoms with E-state index >= 15 is 0 Å². The van der Waals surface area contributed by atoms with Crippen molar-refractivity contribution in [2.24, 2.45) is 0 Å². The Morgan fingerprint density at radius 3 is 2.00 bits per heavy atom. The lowest BCUT2D eigenvalue weighted by atomic mass is 10.1. The van der Waals surface area contributed by atoms with Crippen molar-refractivity contribution in [2.75, 3.05) is 6.54 Å². The molecule has 0 aliphatic rings. The minimum absolute atomic E-state index is 0.0476. The lowest BCUT2D eigenvalue weighted by molar-refractivity contribution is -0.137. The van der Waals surface area contributed by atoms with Crippen LogP contribution in [0.3, 0.4) is 0 Å². The fourth-order valence-electron chi connectivity index (χ4n) is 2.56. The Bertz CT molecular complexity index is 340. The molecule has 0 aliphatic heterocycles. The summed E-state index contributed by atoms with van der Waals surface area (Å²) < 4.78 is 0. The Hall–Kier alpha value is -1.32. The molecule has 0 saturated heterocycles. The quantitative estimate of drug-likeness (QED) is 0.282. The van der Waals surface area contributed by atoms with Gasteiger partial charge in [-0.3, -0.25) is 9.59 Å². The summed E-state index contributed by atoms with van der Waals surface area (Å²) in [6.07, 6.45) is 19.3. The van der Waals surface area contributed by atoms with Crippen molar-refractivity contribution < 1.29 is 14.7 Å². The van der Waals surface area contributed by atoms with E-state index in [1.54, 1.807) is 0 Å². The van der Waals surface area contributed by atoms with Crippen molar-refractivity contribution in [2.45, 2.75) is 96.8 Å². The highest BCUT2D eigenvalue weighted by Crippen LogP contribution is 2.08. The maximum Gasteiger partial charge on any atom is 0.303 e. The molecule has 0 heterocycles. The van der Waals surface area contributed by atoms with Crippen LogP contribution in [0.5, 0.6) is 0 Å². The van der Waals surface area contributed by atoms with Crippen LogP contribution < -0.4 is 5.32 Å². The van der Waals surface area contributed by atoms with Gasteiger partial charge < -0.3 is 10.4 Å². The monoisotopic (exact) mass is 339 g/mol. The van der Waals surface area contributed by atoms with Gasteiger partial charge in [-0.2, -0.15) is 0 Å². The van der Waals surface area contributed by atoms with E-state index in [0.29, 0.717) is 19.4 Å². The van der Waals surface area contributed by atoms with Crippen LogP contribution in [-0.4, -0.2) is 23.5 Å². The summed E-state index contributed by atoms with van der Waals surface area (Å²) in [5.74, 6) is -0.762. The largest absolute Gasteiger partial charge is 0.481 e. The standard InChI is InChI=1S/C20H37NO3/c1-2-3-4-5-6-7-8-9-10-11-12-13-14-16-19(22)21-18-15-17-20(23)24/h7-8H,2-6,9-18H2,1H3,(H,21,22)(H,23,24)/b8-7+. The van der Waals surface area contributed by atoms with Crippen molar-refractivity contribution in [3.63, 3.8) is 0 Å². The molecular formula is C20H37NO3. The van der Waals surface area contributed by atoms with Gasteiger partial charge in [-0.25, -0.2) is 0 Å². The van der Waals surface area contributed by atoms with Crippen molar-refractivity contribution in [1.82, 2.24) is 5.32 Å². The Labute approximate surface area is 148 Å². The van der Waals surface area contributed by atoms with Crippen LogP contribution in [0.2, 0.25) is 0 Å². The van der Waals surface area contributed by atoms with E-state index in [4.69, 9.17) is 5.11 Å². The summed E-state index contributed by atoms with van der Waals surface area (Å²) in [4.78, 5) is 21.9. The van der Waals surface area contributed by atoms with E-state index in [0.717, 1.165) is 12.8 Å². The van der Waals surface area contributed by atoms with Gasteiger partial charge >= 0.3 is 5.97 Å². The predicted molar refractivity (Wildman–Crippen MR) is 100 cm³/mol. The first kappa shape index (κ1) is 22.7. The summed E-state index contributed by atoms with van der Waals surface area (Å²) >= 11 is 0. The number of rotatable bonds is 17. The Morgan fingerprint density at radius 1 is 0.792 bits per heavy atom. The van der Waals surface area contributed by atoms with Crippen molar-refractivity contribution >= 4 is 11.9 Å². The van der Waals surface area contributed by atoms with Crippen LogP contribution in [-0.2, 0) is 9.59 Å². The third kappa shape index (κ3) is 18.7. The molecule has 0 rings (SSSR count). The minimum Gasteiger partial charge on any atom is -0.481 e. The number of carboxylic acids is 1. The molecule has 140 valence electrons. The first-order valence-electron chi connectivity index (χ1n) is 9.80. The normalized spacial score (nSPS) is 11.0. The second-order valence-corrected chi connectivity index (χ2v) is 6.47. The van der Waals surface area contributed by atoms with E-state index in [9.17, 15) is 9.59 Å². The fourth-order valence-corrected chi connectivity index (χ4v) is 2.56. The topological polar surface area (TPSA) is 66.4 Å². The summed E-state index contributed by atoms with van der Waals surface area (Å²) in [5, 5.41) is 11.3. The van der Waals surface area contributed by atoms with Crippen LogP contribution in [0.25, 0.3) is 0 Å². The van der Waals surface area contributed by atoms with Gasteiger partial charge in [0, 0.05) is 19.4 Å². The molecule has 0 aromatic rings. The number of unbranched alkanes of at least 4 members (excludes halogenated alkanes) is 9. The fraction of sp³-hybridized carbons (Fsp3) is 0.800. The third-order valence-corrected chi connectivity index (χ3v) is 4.06. The van der Waals surface area contributed by atoms with Gasteiger partial charge in [0.05, 0.1) is 0 Å². The molecule has 0 aromatic heterocycles. The zero-order valence-corrected chi connectivity index (χ0v) is 15.5. The van der Waals surface area contributed by atoms with E-state index in [1.165, 1.54) is 57.8 Å². The Balaban J connectivity index is 3.22. The van der Waals surface area contributed by atoms with Gasteiger partial charge in [0.1, 0.15) is 0 Å². The number of hydrogen-bond acceptors (Lipinski definition) is 2. The molecular weight excluding hydrogens is 302 g/mol. The SMILES string of the molecule is CCCCCC/C=C/CCCCCCCC(=O)NCCCC(=O)O. The smallest absolute Gasteiger partial charge is 0.303 e. The Morgan fingerprint density at radius 2 is 1.38 bits per heavy atom. The summed E-state index contributed by atoms with van der Waals surface area (Å²) in [6, 6.07) is 0. The van der Waals surface area contributed by atoms with Gasteiger partial charge in [0.25, 0.3) is 0 Å². The highest BCUT2D eigenvalue weighted by Gasteiger charge is 2.01. The van der Waals surface area contributed by atoms with E-state index in [-0.39, 0.29) is 12.3 Å². The van der Waals surface area contributed by atoms with E-state index < -0.39 is 5.97 Å². The molecule has 4 nitrogen and oxygen atoms in total. The Kier molecular flexibility index (Phi) is 17.0. The van der Waals surface area contributed by atoms with Gasteiger partial charge in [-0.05, 0) is 38.5 Å². The lowest BCUT2D eigenvalue weighted by Crippen LogP contribution is -2.24. The highest BCUT2D eigenvalue weighted by atomic mass is 16.4. The van der Waals surface area contributed by atoms with Crippen molar-refractivity contribution in [3.8, 4) is 0 Å². The minimum atomic E-state index is -0.810. The van der Waals surface area contributed by atoms with Gasteiger partial charge in [-0.1, -0.05) is 57.6 Å². The lowest BCUT2D eigenvalue weighted by Gasteiger charge is -2.04. The molecule has 24 heavy (non-hydrogen) atoms. The maximum atomic E-state index is 11.5. The predicted octanol–water partition coefficient (Wildman–Crippen LogP) is 5.22. The third-order valence-electron chi connectivity index (χ3n) is 4.06. The van der Waals surface area contributed by atoms with Gasteiger partial charge in [0.15, 0.2) is 0 Å². The molecule has 0 saturated carbocycles. The van der Waals surface area contributed by atoms with Crippen molar-refractivity contribution in [1.29, 1.82) is 0 Å². The zero-order valence-electron chi connectivity index (χ0n) is 15.5. The molecule has 2 N–H and O–H groups in total. The number of carboxylic acid groups (broad SMARTS) is 1. The number of amides is 1. The second kappa shape index (κ2) is 18.0. The molecule has 0 atom stereocenters. The molecule has 0 aromatic carbocycles. The number of carbonyl (C=O) groups is 2. The number of allylic oxidation sites excluding steroid dienone is 2. The average Bonchev–Trinajstić information content (AvgIpc) is 2.55. The van der Waals surface area contributed by atoms with E-state index in [2.05, 4.69) is 24.4 Å². The highest BCUT2D eigenvalue weighted by molar-refractivity contribution is 5.75. The first-order valence-corrected chi connectivity index (χ1v) is 9.80. The molecule has 0 aliphatic carbocycles. The van der Waals surface area contributed by atoms with Crippen LogP contribution >= 0.6 is 0 Å². The molecule has 0 bridgehead atoms. The molecule has 0 spiro atoms. The number of aliphatic carboxylic acids is 1. The summed E-state index contributed by atoms with van der Waals surface area (Å²) in [7, 11) is 0. The number of carbonyl (C=O) groups excluding carboxylic acids is 1. The maximum absolute atomic E-state index is 11.5. The van der Waals surface area contributed by atoms with Crippen LogP contribution in [0.15, 0.2) is 12.2 Å². The molecule has 1 amide bonds. The molecule has 4 heteroatoms. The first-order chi connectivity index (χ1) is 11.7. The number of hydrogen-bond donors (Lipinski definition) is 2. The molecule has 0 fully saturated rings. The molecule has 0 unspecified atom stereocenters. The van der Waals surface area contributed by atoms with Crippen LogP contribution in [0, 0.1) is 0 Å². The van der Waals surface area contributed by atoms with Gasteiger partial charge in [-0.15, -0.1) is 0 Å². The summed E-state index contributed by atoms with van der Waals surface area (Å²) in [5.41, 5.74) is 0. The second-order valence-electron chi connectivity index (χ2n) is 6.47. The zero-order chi connectivity index (χ0) is 17.9. The summed E-state index contributed by atoms with van der Waals surface area (Å²) in [6.45, 7) is 2.71. The average molecular weight is 340 g/mol. The number of nitrogens with one attached hydrogen (secondary N) is 1. The van der Waals surface area contributed by atoms with Crippen LogP contribution in [0.1, 0.15) is 96.8 Å². The van der Waals surface area contributed by atoms with Crippen LogP contribution in [0.4, 0.5) is 0 Å². The molecule has 0 radical (unpaired) electrons. The van der Waals surface area contributed by atoms with Crippen molar-refractivity contribution in [3.05, 3.63) is 12.2 Å². The van der Waals surface area contributed by atoms with Gasteiger partial charge in [0.2, 0.25) is 5.91 Å². The van der Waals surface area contributed by atoms with E-state index in [1.807, 2.05) is 0 Å².